The van der Waals surface area contributed by atoms with Gasteiger partial charge in [0.25, 0.3) is 11.8 Å². The molecular formula is C36H55N5O4. The van der Waals surface area contributed by atoms with Crippen LogP contribution in [-0.2, 0) is 9.59 Å². The summed E-state index contributed by atoms with van der Waals surface area (Å²) in [5.74, 6) is 1.14. The number of nitrogens with one attached hydrogen (secondary N) is 2. The fourth-order valence-corrected chi connectivity index (χ4v) is 5.61. The maximum atomic E-state index is 13.3. The van der Waals surface area contributed by atoms with Crippen LogP contribution in [0.1, 0.15) is 83.0 Å². The van der Waals surface area contributed by atoms with Crippen molar-refractivity contribution in [1.82, 2.24) is 25.3 Å². The number of likely N-dealkylation sites (tertiary alicyclic amines) is 1. The Labute approximate surface area is 270 Å². The van der Waals surface area contributed by atoms with Gasteiger partial charge in [0, 0.05) is 49.9 Å². The van der Waals surface area contributed by atoms with Crippen molar-refractivity contribution in [1.29, 1.82) is 0 Å². The summed E-state index contributed by atoms with van der Waals surface area (Å²) in [6.07, 6.45) is 12.1. The lowest BCUT2D eigenvalue weighted by Crippen LogP contribution is -2.38. The monoisotopic (exact) mass is 621 g/mol. The number of carbonyl (C=O) groups is 3. The summed E-state index contributed by atoms with van der Waals surface area (Å²) in [6.45, 7) is 14.2. The molecule has 0 atom stereocenters. The predicted molar refractivity (Wildman–Crippen MR) is 181 cm³/mol. The quantitative estimate of drug-likeness (QED) is 0.202. The van der Waals surface area contributed by atoms with E-state index in [1.807, 2.05) is 24.0 Å². The molecule has 0 unspecified atom stereocenters. The van der Waals surface area contributed by atoms with Crippen LogP contribution < -0.4 is 15.4 Å². The molecule has 1 aromatic rings. The Hall–Kier alpha value is -3.59. The average molecular weight is 622 g/mol. The molecule has 3 fully saturated rings. The molecule has 9 nitrogen and oxygen atoms in total. The summed E-state index contributed by atoms with van der Waals surface area (Å²) in [5.41, 5.74) is 4.01. The van der Waals surface area contributed by atoms with Gasteiger partial charge in [0.05, 0.1) is 18.5 Å². The lowest BCUT2D eigenvalue weighted by atomic mass is 9.93. The van der Waals surface area contributed by atoms with Gasteiger partial charge >= 0.3 is 0 Å². The number of carbonyl (C=O) groups excluding carboxylic acids is 3. The number of allylic oxidation sites excluding steroid dienone is 2. The molecule has 2 saturated heterocycles. The van der Waals surface area contributed by atoms with E-state index >= 15 is 0 Å². The third kappa shape index (κ3) is 11.4. The highest BCUT2D eigenvalue weighted by molar-refractivity contribution is 5.98. The van der Waals surface area contributed by atoms with Crippen molar-refractivity contribution in [2.75, 3.05) is 53.4 Å². The molecular weight excluding hydrogens is 566 g/mol. The maximum Gasteiger partial charge on any atom is 0.255 e. The Morgan fingerprint density at radius 2 is 1.67 bits per heavy atom. The van der Waals surface area contributed by atoms with Gasteiger partial charge in [0.1, 0.15) is 5.75 Å². The van der Waals surface area contributed by atoms with E-state index in [1.165, 1.54) is 12.0 Å². The summed E-state index contributed by atoms with van der Waals surface area (Å²) in [7, 11) is 3.70. The van der Waals surface area contributed by atoms with E-state index < -0.39 is 0 Å². The Morgan fingerprint density at radius 3 is 2.22 bits per heavy atom. The number of methoxy groups -OCH3 is 1. The molecule has 1 saturated carbocycles. The molecule has 3 aliphatic rings. The van der Waals surface area contributed by atoms with Crippen molar-refractivity contribution >= 4 is 18.2 Å². The average Bonchev–Trinajstić information content (AvgIpc) is 3.91. The van der Waals surface area contributed by atoms with Crippen LogP contribution in [0, 0.1) is 5.92 Å². The van der Waals surface area contributed by atoms with Crippen LogP contribution in [0.15, 0.2) is 59.0 Å². The van der Waals surface area contributed by atoms with Crippen molar-refractivity contribution < 1.29 is 19.1 Å². The number of benzene rings is 1. The van der Waals surface area contributed by atoms with Gasteiger partial charge in [-0.25, -0.2) is 0 Å². The van der Waals surface area contributed by atoms with Crippen molar-refractivity contribution in [3.63, 3.8) is 0 Å². The third-order valence-electron chi connectivity index (χ3n) is 8.99. The number of hydrogen-bond acceptors (Lipinski definition) is 6. The Balaban J connectivity index is 0.000000468. The number of piperidine rings is 1. The summed E-state index contributed by atoms with van der Waals surface area (Å²) < 4.78 is 5.23. The molecule has 3 amide bonds. The van der Waals surface area contributed by atoms with E-state index in [-0.39, 0.29) is 17.9 Å². The second-order valence-corrected chi connectivity index (χ2v) is 12.4. The first-order valence-corrected chi connectivity index (χ1v) is 16.7. The number of hydrogen-bond donors (Lipinski definition) is 2. The third-order valence-corrected chi connectivity index (χ3v) is 8.99. The van der Waals surface area contributed by atoms with Crippen LogP contribution in [0.25, 0.3) is 0 Å². The molecule has 0 aromatic heterocycles. The standard InChI is InChI=1S/C29H41N3O3.C7H14N2O/c1-6-20(4)27(32-17-15-21(7-2)16-18-32)26(19-22(8-3)28(33)30-24-11-12-24)31-29(34)23-9-13-25(35-5)14-10-23;1-8-3-2-4-9(7-10)6-5-8/h8-10,13-14,19,21,24H,6-7,11-12,15-18H2,1-5H3,(H,30,33)(H,31,34);7H,2-6H2,1H3/b22-8+,26-19+,27-20-;. The summed E-state index contributed by atoms with van der Waals surface area (Å²) >= 11 is 0. The highest BCUT2D eigenvalue weighted by Crippen LogP contribution is 2.29. The fraction of sp³-hybridized carbons (Fsp3) is 0.583. The minimum atomic E-state index is -0.207. The lowest BCUT2D eigenvalue weighted by Gasteiger charge is -2.37. The highest BCUT2D eigenvalue weighted by atomic mass is 16.5. The van der Waals surface area contributed by atoms with Gasteiger partial charge in [0.2, 0.25) is 6.41 Å². The zero-order valence-electron chi connectivity index (χ0n) is 28.4. The first kappa shape index (κ1) is 35.9. The zero-order valence-corrected chi connectivity index (χ0v) is 28.4. The second-order valence-electron chi connectivity index (χ2n) is 12.4. The van der Waals surface area contributed by atoms with Gasteiger partial charge in [0.15, 0.2) is 0 Å². The minimum Gasteiger partial charge on any atom is -0.497 e. The summed E-state index contributed by atoms with van der Waals surface area (Å²) in [6, 6.07) is 7.34. The molecule has 2 aliphatic heterocycles. The SMILES string of the molecule is CN1CCCN(C=O)CC1.C\C=C(/C=C(NC(=O)c1ccc(OC)cc1)\C(=C(/C)CC)N1CCC(CC)CC1)C(=O)NC1CC1. The van der Waals surface area contributed by atoms with Gasteiger partial charge in [-0.3, -0.25) is 14.4 Å². The van der Waals surface area contributed by atoms with Crippen molar-refractivity contribution in [2.45, 2.75) is 78.7 Å². The van der Waals surface area contributed by atoms with Crippen LogP contribution >= 0.6 is 0 Å². The smallest absolute Gasteiger partial charge is 0.255 e. The van der Waals surface area contributed by atoms with Gasteiger partial charge in [-0.1, -0.05) is 26.3 Å². The van der Waals surface area contributed by atoms with E-state index in [1.54, 1.807) is 31.4 Å². The van der Waals surface area contributed by atoms with Crippen LogP contribution in [0.3, 0.4) is 0 Å². The Kier molecular flexibility index (Phi) is 14.7. The van der Waals surface area contributed by atoms with E-state index in [4.69, 9.17) is 4.74 Å². The molecule has 2 heterocycles. The Morgan fingerprint density at radius 1 is 0.978 bits per heavy atom. The maximum absolute atomic E-state index is 13.3. The van der Waals surface area contributed by atoms with Crippen LogP contribution in [0.5, 0.6) is 5.75 Å². The van der Waals surface area contributed by atoms with E-state index in [0.29, 0.717) is 22.6 Å². The number of nitrogens with zero attached hydrogens (tertiary/aromatic N) is 3. The molecule has 1 aliphatic carbocycles. The lowest BCUT2D eigenvalue weighted by molar-refractivity contribution is -0.118. The molecule has 2 N–H and O–H groups in total. The highest BCUT2D eigenvalue weighted by Gasteiger charge is 2.27. The normalized spacial score (nSPS) is 19.1. The first-order valence-electron chi connectivity index (χ1n) is 16.7. The van der Waals surface area contributed by atoms with Crippen LogP contribution in [0.2, 0.25) is 0 Å². The fourth-order valence-electron chi connectivity index (χ4n) is 5.61. The second kappa shape index (κ2) is 18.4. The van der Waals surface area contributed by atoms with Gasteiger partial charge < -0.3 is 30.1 Å². The summed E-state index contributed by atoms with van der Waals surface area (Å²) in [4.78, 5) is 43.1. The summed E-state index contributed by atoms with van der Waals surface area (Å²) in [5, 5.41) is 6.23. The first-order chi connectivity index (χ1) is 21.7. The molecule has 45 heavy (non-hydrogen) atoms. The number of ether oxygens (including phenoxy) is 1. The molecule has 4 rings (SSSR count). The predicted octanol–water partition coefficient (Wildman–Crippen LogP) is 5.12. The molecule has 248 valence electrons. The van der Waals surface area contributed by atoms with Crippen LogP contribution in [-0.4, -0.2) is 92.4 Å². The van der Waals surface area contributed by atoms with Crippen LogP contribution in [0.4, 0.5) is 0 Å². The topological polar surface area (TPSA) is 94.2 Å². The molecule has 0 spiro atoms. The molecule has 9 heteroatoms. The van der Waals surface area contributed by atoms with E-state index in [0.717, 1.165) is 95.8 Å². The van der Waals surface area contributed by atoms with E-state index in [2.05, 4.69) is 48.3 Å². The largest absolute Gasteiger partial charge is 0.497 e. The van der Waals surface area contributed by atoms with Gasteiger partial charge in [-0.2, -0.15) is 0 Å². The molecule has 1 aromatic carbocycles. The van der Waals surface area contributed by atoms with Gasteiger partial charge in [-0.15, -0.1) is 0 Å². The van der Waals surface area contributed by atoms with E-state index in [9.17, 15) is 14.4 Å². The van der Waals surface area contributed by atoms with Gasteiger partial charge in [-0.05, 0) is 108 Å². The Bertz CT molecular complexity index is 1210. The minimum absolute atomic E-state index is 0.0932. The number of rotatable bonds is 11. The van der Waals surface area contributed by atoms with Crippen molar-refractivity contribution in [3.8, 4) is 5.75 Å². The molecule has 0 bridgehead atoms. The number of amides is 3. The number of likely N-dealkylation sites (N-methyl/N-ethyl adjacent to an activating group) is 1. The van der Waals surface area contributed by atoms with Crippen molar-refractivity contribution in [2.24, 2.45) is 5.92 Å². The van der Waals surface area contributed by atoms with Crippen molar-refractivity contribution in [3.05, 3.63) is 64.5 Å². The molecule has 0 radical (unpaired) electrons. The zero-order chi connectivity index (χ0) is 32.8.